The molecule has 11 atom stereocenters. The molecule has 0 spiro atoms. The van der Waals surface area contributed by atoms with Gasteiger partial charge < -0.3 is 64.2 Å². The highest BCUT2D eigenvalue weighted by molar-refractivity contribution is 5.97. The van der Waals surface area contributed by atoms with Crippen LogP contribution < -0.4 is 49.1 Å². The quantitative estimate of drug-likeness (QED) is 0.0414. The number of nitrogens with one attached hydrogen (secondary N) is 6. The first-order valence-corrected chi connectivity index (χ1v) is 23.9. The SMILES string of the molecule is CCC(C)[C@H](NC(=O)[C@@H](NC(=O)[C@@H]1CC1CC(=O)NCCCC[C@H](C)C(=O)N[C@@H](Cc1ccc(O)cc1)C(=O)N[C@H](C(=O)N1CCC[C@H]1C(=O)N[C@@H](CCC(N)=O)C(N)=O)C(C)O)C(C)C)C(N)=O. The van der Waals surface area contributed by atoms with Gasteiger partial charge in [0.05, 0.1) is 6.10 Å². The second kappa shape index (κ2) is 27.0. The van der Waals surface area contributed by atoms with Crippen molar-refractivity contribution in [3.8, 4) is 5.75 Å². The Morgan fingerprint density at radius 2 is 1.39 bits per heavy atom. The molecule has 1 aliphatic heterocycles. The maximum Gasteiger partial charge on any atom is 0.248 e. The van der Waals surface area contributed by atoms with E-state index < -0.39 is 101 Å². The number of nitrogens with two attached hydrogens (primary N) is 3. The van der Waals surface area contributed by atoms with Gasteiger partial charge in [0.1, 0.15) is 42.0 Å². The van der Waals surface area contributed by atoms with Gasteiger partial charge in [-0.05, 0) is 80.9 Å². The van der Waals surface area contributed by atoms with Crippen molar-refractivity contribution in [1.29, 1.82) is 0 Å². The number of amides is 10. The number of benzene rings is 1. The minimum Gasteiger partial charge on any atom is -0.508 e. The molecule has 1 aromatic carbocycles. The van der Waals surface area contributed by atoms with Crippen molar-refractivity contribution in [3.63, 3.8) is 0 Å². The zero-order valence-corrected chi connectivity index (χ0v) is 40.6. The highest BCUT2D eigenvalue weighted by Crippen LogP contribution is 2.41. The molecule has 384 valence electrons. The number of primary amides is 3. The van der Waals surface area contributed by atoms with E-state index in [9.17, 15) is 58.2 Å². The number of likely N-dealkylation sites (tertiary alicyclic amines) is 1. The third-order valence-electron chi connectivity index (χ3n) is 12.8. The number of aliphatic hydroxyl groups is 1. The fourth-order valence-corrected chi connectivity index (χ4v) is 8.16. The predicted molar refractivity (Wildman–Crippen MR) is 251 cm³/mol. The van der Waals surface area contributed by atoms with E-state index in [-0.39, 0.29) is 74.0 Å². The Labute approximate surface area is 403 Å². The van der Waals surface area contributed by atoms with E-state index in [1.165, 1.54) is 24.0 Å². The Bertz CT molecular complexity index is 2000. The molecule has 0 radical (unpaired) electrons. The number of rotatable bonds is 29. The number of hydrogen-bond donors (Lipinski definition) is 11. The summed E-state index contributed by atoms with van der Waals surface area (Å²) in [7, 11) is 0. The number of carbonyl (C=O) groups is 10. The van der Waals surface area contributed by atoms with Gasteiger partial charge >= 0.3 is 0 Å². The number of phenolic OH excluding ortho intramolecular Hbond substituents is 1. The third-order valence-corrected chi connectivity index (χ3v) is 12.8. The monoisotopic (exact) mass is 971 g/mol. The van der Waals surface area contributed by atoms with Gasteiger partial charge in [0.15, 0.2) is 0 Å². The standard InChI is InChI=1S/C47H74N10O12/c1-7-25(4)38(41(50)63)55-46(68)37(24(2)3)54-43(65)31-22-29(31)23-36(61)51-19-9-8-11-26(5)42(64)53-33(21-28-13-15-30(59)16-14-28)44(66)56-39(27(6)58)47(69)57-20-10-12-34(57)45(67)52-32(40(49)62)17-18-35(48)60/h13-16,24-27,29,31-34,37-39,58-59H,7-12,17-23H2,1-6H3,(H2,48,60)(H2,49,62)(H2,50,63)(H,51,61)(H,52,67)(H,53,64)(H,54,65)(H,55,68)(H,56,66)/t25?,26-,27?,29?,31+,32-,33-,34-,37-,38-,39-/m0/s1. The fraction of sp³-hybridized carbons (Fsp3) is 0.660. The zero-order chi connectivity index (χ0) is 51.7. The lowest BCUT2D eigenvalue weighted by molar-refractivity contribution is -0.144. The van der Waals surface area contributed by atoms with E-state index in [2.05, 4.69) is 31.9 Å². The Morgan fingerprint density at radius 3 is 1.97 bits per heavy atom. The van der Waals surface area contributed by atoms with Crippen LogP contribution in [-0.4, -0.2) is 130 Å². The minimum absolute atomic E-state index is 0.0233. The fourth-order valence-electron chi connectivity index (χ4n) is 8.16. The van der Waals surface area contributed by atoms with Gasteiger partial charge in [0.2, 0.25) is 59.1 Å². The predicted octanol–water partition coefficient (Wildman–Crippen LogP) is -1.38. The van der Waals surface area contributed by atoms with Gasteiger partial charge in [-0.15, -0.1) is 0 Å². The smallest absolute Gasteiger partial charge is 0.248 e. The van der Waals surface area contributed by atoms with Crippen molar-refractivity contribution in [1.82, 2.24) is 36.8 Å². The number of aromatic hydroxyl groups is 1. The molecule has 1 aromatic rings. The highest BCUT2D eigenvalue weighted by Gasteiger charge is 2.45. The first-order valence-electron chi connectivity index (χ1n) is 23.9. The largest absolute Gasteiger partial charge is 0.508 e. The van der Waals surface area contributed by atoms with Crippen molar-refractivity contribution in [3.05, 3.63) is 29.8 Å². The number of unbranched alkanes of at least 4 members (excludes halogenated alkanes) is 1. The van der Waals surface area contributed by atoms with Crippen LogP contribution in [0.1, 0.15) is 111 Å². The van der Waals surface area contributed by atoms with Crippen molar-refractivity contribution < 1.29 is 58.2 Å². The summed E-state index contributed by atoms with van der Waals surface area (Å²) in [5.74, 6) is -7.86. The molecule has 3 rings (SSSR count). The van der Waals surface area contributed by atoms with Crippen LogP contribution in [0.2, 0.25) is 0 Å². The van der Waals surface area contributed by atoms with Crippen LogP contribution in [-0.2, 0) is 54.4 Å². The van der Waals surface area contributed by atoms with E-state index in [4.69, 9.17) is 17.2 Å². The Hall–Kier alpha value is -6.32. The topological polar surface area (TPSA) is 365 Å². The summed E-state index contributed by atoms with van der Waals surface area (Å²) in [5, 5.41) is 36.7. The molecule has 2 fully saturated rings. The average molecular weight is 971 g/mol. The molecule has 69 heavy (non-hydrogen) atoms. The third kappa shape index (κ3) is 17.9. The maximum absolute atomic E-state index is 13.9. The van der Waals surface area contributed by atoms with E-state index >= 15 is 0 Å². The molecule has 3 unspecified atom stereocenters. The lowest BCUT2D eigenvalue weighted by atomic mass is 9.96. The molecule has 0 bridgehead atoms. The van der Waals surface area contributed by atoms with Crippen LogP contribution in [0.5, 0.6) is 5.75 Å². The second-order valence-corrected chi connectivity index (χ2v) is 18.9. The Morgan fingerprint density at radius 1 is 0.739 bits per heavy atom. The zero-order valence-electron chi connectivity index (χ0n) is 40.6. The van der Waals surface area contributed by atoms with E-state index in [1.54, 1.807) is 39.8 Å². The normalized spacial score (nSPS) is 19.8. The first kappa shape index (κ1) is 57.0. The van der Waals surface area contributed by atoms with Crippen molar-refractivity contribution in [2.75, 3.05) is 13.1 Å². The van der Waals surface area contributed by atoms with Crippen LogP contribution in [0, 0.1) is 29.6 Å². The lowest BCUT2D eigenvalue weighted by Gasteiger charge is -2.31. The summed E-state index contributed by atoms with van der Waals surface area (Å²) in [6.07, 6.45) is 1.37. The molecule has 14 N–H and O–H groups in total. The second-order valence-electron chi connectivity index (χ2n) is 18.9. The van der Waals surface area contributed by atoms with Gasteiger partial charge in [-0.2, -0.15) is 0 Å². The minimum atomic E-state index is -1.55. The number of phenols is 1. The number of carbonyl (C=O) groups excluding carboxylic acids is 10. The van der Waals surface area contributed by atoms with Gasteiger partial charge in [-0.3, -0.25) is 47.9 Å². The summed E-state index contributed by atoms with van der Waals surface area (Å²) < 4.78 is 0. The van der Waals surface area contributed by atoms with E-state index in [0.29, 0.717) is 50.6 Å². The lowest BCUT2D eigenvalue weighted by Crippen LogP contribution is -2.60. The van der Waals surface area contributed by atoms with Crippen LogP contribution in [0.15, 0.2) is 24.3 Å². The number of aliphatic hydroxyl groups excluding tert-OH is 1. The Balaban J connectivity index is 1.54. The van der Waals surface area contributed by atoms with Gasteiger partial charge in [0, 0.05) is 44.2 Å². The van der Waals surface area contributed by atoms with Crippen molar-refractivity contribution in [2.24, 2.45) is 46.8 Å². The number of hydrogen-bond acceptors (Lipinski definition) is 12. The van der Waals surface area contributed by atoms with Crippen LogP contribution in [0.25, 0.3) is 0 Å². The summed E-state index contributed by atoms with van der Waals surface area (Å²) in [6, 6.07) is -0.925. The molecule has 2 aliphatic rings. The molecular weight excluding hydrogens is 897 g/mol. The van der Waals surface area contributed by atoms with Gasteiger partial charge in [-0.25, -0.2) is 0 Å². The summed E-state index contributed by atoms with van der Waals surface area (Å²) >= 11 is 0. The molecule has 1 heterocycles. The van der Waals surface area contributed by atoms with Crippen LogP contribution in [0.3, 0.4) is 0 Å². The van der Waals surface area contributed by atoms with Gasteiger partial charge in [-0.1, -0.05) is 59.6 Å². The highest BCUT2D eigenvalue weighted by atomic mass is 16.3. The molecule has 1 aliphatic carbocycles. The first-order chi connectivity index (χ1) is 32.4. The summed E-state index contributed by atoms with van der Waals surface area (Å²) in [5.41, 5.74) is 16.7. The van der Waals surface area contributed by atoms with Gasteiger partial charge in [0.25, 0.3) is 0 Å². The van der Waals surface area contributed by atoms with Crippen molar-refractivity contribution in [2.45, 2.75) is 155 Å². The average Bonchev–Trinajstić information content (AvgIpc) is 3.87. The Kier molecular flexibility index (Phi) is 22.3. The molecular formula is C47H74N10O12. The van der Waals surface area contributed by atoms with Crippen LogP contribution in [0.4, 0.5) is 0 Å². The molecule has 1 saturated carbocycles. The number of nitrogens with zero attached hydrogens (tertiary/aromatic N) is 1. The molecule has 0 aromatic heterocycles. The van der Waals surface area contributed by atoms with Crippen molar-refractivity contribution >= 4 is 59.1 Å². The van der Waals surface area contributed by atoms with Crippen LogP contribution >= 0.6 is 0 Å². The molecule has 22 nitrogen and oxygen atoms in total. The molecule has 1 saturated heterocycles. The maximum atomic E-state index is 13.9. The van der Waals surface area contributed by atoms with E-state index in [0.717, 1.165) is 0 Å². The molecule has 22 heteroatoms. The summed E-state index contributed by atoms with van der Waals surface area (Å²) in [4.78, 5) is 130. The molecule has 10 amide bonds. The van der Waals surface area contributed by atoms with E-state index in [1.807, 2.05) is 6.92 Å². The summed E-state index contributed by atoms with van der Waals surface area (Å²) in [6.45, 7) is 10.6.